The highest BCUT2D eigenvalue weighted by molar-refractivity contribution is 5.96. The summed E-state index contributed by atoms with van der Waals surface area (Å²) in [5.74, 6) is 1.24. The fourth-order valence-electron chi connectivity index (χ4n) is 3.31. The fraction of sp³-hybridized carbons (Fsp3) is 0.444. The topological polar surface area (TPSA) is 34.9 Å². The van der Waals surface area contributed by atoms with Gasteiger partial charge in [0.05, 0.1) is 11.9 Å². The molecule has 3 nitrogen and oxygen atoms in total. The van der Waals surface area contributed by atoms with Crippen LogP contribution in [0.15, 0.2) is 42.6 Å². The zero-order valence-corrected chi connectivity index (χ0v) is 12.5. The van der Waals surface area contributed by atoms with Crippen molar-refractivity contribution in [3.63, 3.8) is 0 Å². The zero-order chi connectivity index (χ0) is 14.7. The molecule has 1 saturated carbocycles. The minimum absolute atomic E-state index is 0.173. The normalized spacial score (nSPS) is 22.1. The van der Waals surface area contributed by atoms with Gasteiger partial charge >= 0.3 is 0 Å². The second kappa shape index (κ2) is 6.25. The van der Waals surface area contributed by atoms with Crippen LogP contribution < -0.4 is 0 Å². The summed E-state index contributed by atoms with van der Waals surface area (Å²) >= 11 is 0. The van der Waals surface area contributed by atoms with E-state index in [2.05, 4.69) is 12.0 Å². The highest BCUT2D eigenvalue weighted by Crippen LogP contribution is 2.32. The third-order valence-electron chi connectivity index (χ3n) is 4.69. The molecular formula is C18H22N2O. The molecule has 0 spiro atoms. The van der Waals surface area contributed by atoms with E-state index in [-0.39, 0.29) is 11.7 Å². The van der Waals surface area contributed by atoms with Crippen LogP contribution in [0.4, 0.5) is 0 Å². The summed E-state index contributed by atoms with van der Waals surface area (Å²) in [5.41, 5.74) is 1.68. The number of carbonyl (C=O) groups excluding carboxylic acids is 1. The molecule has 2 aromatic rings. The highest BCUT2D eigenvalue weighted by Gasteiger charge is 2.28. The first kappa shape index (κ1) is 14.1. The SMILES string of the molecule is CCC1CCC(C(=O)c2ccnn2-c2ccccc2)CC1. The van der Waals surface area contributed by atoms with Gasteiger partial charge in [0, 0.05) is 5.92 Å². The first-order valence-corrected chi connectivity index (χ1v) is 7.93. The summed E-state index contributed by atoms with van der Waals surface area (Å²) in [4.78, 5) is 12.8. The Morgan fingerprint density at radius 1 is 1.14 bits per heavy atom. The maximum atomic E-state index is 12.8. The third-order valence-corrected chi connectivity index (χ3v) is 4.69. The number of Topliss-reactive ketones (excluding diaryl/α,β-unsaturated/α-hetero) is 1. The van der Waals surface area contributed by atoms with E-state index in [1.807, 2.05) is 36.4 Å². The Bertz CT molecular complexity index is 595. The first-order chi connectivity index (χ1) is 10.3. The number of rotatable bonds is 4. The van der Waals surface area contributed by atoms with Gasteiger partial charge in [-0.05, 0) is 49.8 Å². The lowest BCUT2D eigenvalue weighted by atomic mass is 9.78. The van der Waals surface area contributed by atoms with Crippen molar-refractivity contribution in [3.8, 4) is 5.69 Å². The fourth-order valence-corrected chi connectivity index (χ4v) is 3.31. The Morgan fingerprint density at radius 3 is 2.52 bits per heavy atom. The predicted molar refractivity (Wildman–Crippen MR) is 83.6 cm³/mol. The number of hydrogen-bond donors (Lipinski definition) is 0. The quantitative estimate of drug-likeness (QED) is 0.785. The molecule has 1 heterocycles. The van der Waals surface area contributed by atoms with Gasteiger partial charge in [-0.15, -0.1) is 0 Å². The molecule has 3 heteroatoms. The maximum absolute atomic E-state index is 12.8. The summed E-state index contributed by atoms with van der Waals surface area (Å²) in [7, 11) is 0. The molecule has 0 saturated heterocycles. The Balaban J connectivity index is 1.79. The molecule has 1 aromatic carbocycles. The van der Waals surface area contributed by atoms with E-state index >= 15 is 0 Å². The van der Waals surface area contributed by atoms with Gasteiger partial charge < -0.3 is 0 Å². The van der Waals surface area contributed by atoms with Crippen molar-refractivity contribution in [3.05, 3.63) is 48.3 Å². The lowest BCUT2D eigenvalue weighted by Crippen LogP contribution is -2.23. The lowest BCUT2D eigenvalue weighted by Gasteiger charge is -2.26. The zero-order valence-electron chi connectivity index (χ0n) is 12.5. The van der Waals surface area contributed by atoms with Crippen molar-refractivity contribution in [2.45, 2.75) is 39.0 Å². The van der Waals surface area contributed by atoms with Crippen LogP contribution in [0.1, 0.15) is 49.5 Å². The lowest BCUT2D eigenvalue weighted by molar-refractivity contribution is 0.0863. The van der Waals surface area contributed by atoms with Crippen LogP contribution >= 0.6 is 0 Å². The molecule has 1 aliphatic carbocycles. The van der Waals surface area contributed by atoms with Crippen LogP contribution in [0.25, 0.3) is 5.69 Å². The molecule has 3 rings (SSSR count). The van der Waals surface area contributed by atoms with Gasteiger partial charge in [-0.1, -0.05) is 31.5 Å². The molecule has 0 bridgehead atoms. The van der Waals surface area contributed by atoms with Gasteiger partial charge in [0.15, 0.2) is 5.78 Å². The van der Waals surface area contributed by atoms with E-state index in [9.17, 15) is 4.79 Å². The molecule has 0 atom stereocenters. The number of aromatic nitrogens is 2. The molecule has 0 N–H and O–H groups in total. The molecule has 0 unspecified atom stereocenters. The predicted octanol–water partition coefficient (Wildman–Crippen LogP) is 4.27. The van der Waals surface area contributed by atoms with E-state index < -0.39 is 0 Å². The van der Waals surface area contributed by atoms with Crippen molar-refractivity contribution >= 4 is 5.78 Å². The summed E-state index contributed by atoms with van der Waals surface area (Å²) in [5, 5.41) is 4.33. The second-order valence-electron chi connectivity index (χ2n) is 5.95. The average molecular weight is 282 g/mol. The molecule has 1 aromatic heterocycles. The van der Waals surface area contributed by atoms with E-state index in [4.69, 9.17) is 0 Å². The van der Waals surface area contributed by atoms with Gasteiger partial charge in [-0.25, -0.2) is 4.68 Å². The summed E-state index contributed by atoms with van der Waals surface area (Å²) in [6.45, 7) is 2.25. The molecule has 1 fully saturated rings. The number of nitrogens with zero attached hydrogens (tertiary/aromatic N) is 2. The van der Waals surface area contributed by atoms with E-state index in [0.717, 1.165) is 30.1 Å². The monoisotopic (exact) mass is 282 g/mol. The summed E-state index contributed by atoms with van der Waals surface area (Å²) < 4.78 is 1.77. The van der Waals surface area contributed by atoms with Crippen LogP contribution in [-0.4, -0.2) is 15.6 Å². The van der Waals surface area contributed by atoms with Crippen LogP contribution in [0, 0.1) is 11.8 Å². The minimum Gasteiger partial charge on any atom is -0.292 e. The van der Waals surface area contributed by atoms with Crippen molar-refractivity contribution in [2.75, 3.05) is 0 Å². The third kappa shape index (κ3) is 2.92. The summed E-state index contributed by atoms with van der Waals surface area (Å²) in [6.07, 6.45) is 7.38. The molecule has 21 heavy (non-hydrogen) atoms. The summed E-state index contributed by atoms with van der Waals surface area (Å²) in [6, 6.07) is 11.7. The molecule has 110 valence electrons. The van der Waals surface area contributed by atoms with Crippen molar-refractivity contribution in [2.24, 2.45) is 11.8 Å². The van der Waals surface area contributed by atoms with Crippen LogP contribution in [0.5, 0.6) is 0 Å². The average Bonchev–Trinajstić information content (AvgIpc) is 3.04. The van der Waals surface area contributed by atoms with Gasteiger partial charge in [0.25, 0.3) is 0 Å². The van der Waals surface area contributed by atoms with Gasteiger partial charge in [0.2, 0.25) is 0 Å². The number of para-hydroxylation sites is 1. The van der Waals surface area contributed by atoms with Crippen LogP contribution in [0.3, 0.4) is 0 Å². The number of carbonyl (C=O) groups is 1. The van der Waals surface area contributed by atoms with E-state index in [1.54, 1.807) is 10.9 Å². The van der Waals surface area contributed by atoms with Gasteiger partial charge in [-0.3, -0.25) is 4.79 Å². The van der Waals surface area contributed by atoms with Gasteiger partial charge in [0.1, 0.15) is 5.69 Å². The first-order valence-electron chi connectivity index (χ1n) is 7.93. The number of hydrogen-bond acceptors (Lipinski definition) is 2. The van der Waals surface area contributed by atoms with Crippen molar-refractivity contribution in [1.82, 2.24) is 9.78 Å². The second-order valence-corrected chi connectivity index (χ2v) is 5.95. The Labute approximate surface area is 126 Å². The minimum atomic E-state index is 0.173. The molecular weight excluding hydrogens is 260 g/mol. The Kier molecular flexibility index (Phi) is 4.18. The standard InChI is InChI=1S/C18H22N2O/c1-2-14-8-10-15(11-9-14)18(21)17-12-13-19-20(17)16-6-4-3-5-7-16/h3-7,12-15H,2,8-11H2,1H3. The number of ketones is 1. The van der Waals surface area contributed by atoms with Crippen LogP contribution in [-0.2, 0) is 0 Å². The van der Waals surface area contributed by atoms with Gasteiger partial charge in [-0.2, -0.15) is 5.10 Å². The largest absolute Gasteiger partial charge is 0.292 e. The van der Waals surface area contributed by atoms with Crippen molar-refractivity contribution < 1.29 is 4.79 Å². The number of benzene rings is 1. The molecule has 1 aliphatic rings. The molecule has 0 radical (unpaired) electrons. The maximum Gasteiger partial charge on any atom is 0.184 e. The van der Waals surface area contributed by atoms with Crippen LogP contribution in [0.2, 0.25) is 0 Å². The smallest absolute Gasteiger partial charge is 0.184 e. The van der Waals surface area contributed by atoms with Crippen molar-refractivity contribution in [1.29, 1.82) is 0 Å². The molecule has 0 aliphatic heterocycles. The highest BCUT2D eigenvalue weighted by atomic mass is 16.1. The Morgan fingerprint density at radius 2 is 1.86 bits per heavy atom. The molecule has 0 amide bonds. The van der Waals surface area contributed by atoms with E-state index in [0.29, 0.717) is 0 Å². The van der Waals surface area contributed by atoms with E-state index in [1.165, 1.54) is 19.3 Å². The Hall–Kier alpha value is -1.90.